The van der Waals surface area contributed by atoms with Crippen LogP contribution in [-0.4, -0.2) is 50.0 Å². The Hall–Kier alpha value is -0.560. The zero-order valence-corrected chi connectivity index (χ0v) is 13.6. The molecule has 1 atom stereocenters. The molecule has 0 bridgehead atoms. The third kappa shape index (κ3) is 3.75. The maximum Gasteiger partial charge on any atom is 0.162 e. The Bertz CT molecular complexity index is 445. The molecular formula is C13H19BrClFN2O2. The van der Waals surface area contributed by atoms with E-state index in [4.69, 9.17) is 4.74 Å². The van der Waals surface area contributed by atoms with Crippen LogP contribution in [0, 0.1) is 0 Å². The second-order valence-electron chi connectivity index (χ2n) is 4.50. The van der Waals surface area contributed by atoms with E-state index >= 15 is 0 Å². The Morgan fingerprint density at radius 1 is 1.45 bits per heavy atom. The van der Waals surface area contributed by atoms with Gasteiger partial charge in [0.15, 0.2) is 11.5 Å². The van der Waals surface area contributed by atoms with Gasteiger partial charge in [0.2, 0.25) is 0 Å². The normalized spacial score (nSPS) is 17.4. The first-order valence-corrected chi connectivity index (χ1v) is 7.03. The Morgan fingerprint density at radius 3 is 2.65 bits per heavy atom. The van der Waals surface area contributed by atoms with Gasteiger partial charge >= 0.3 is 0 Å². The molecule has 0 spiro atoms. The minimum absolute atomic E-state index is 0. The molecule has 1 aromatic rings. The summed E-state index contributed by atoms with van der Waals surface area (Å²) in [6, 6.07) is 2.99. The number of halogens is 3. The predicted molar refractivity (Wildman–Crippen MR) is 82.8 cm³/mol. The van der Waals surface area contributed by atoms with Crippen molar-refractivity contribution in [2.45, 2.75) is 6.04 Å². The summed E-state index contributed by atoms with van der Waals surface area (Å²) in [6.45, 7) is 2.67. The zero-order valence-electron chi connectivity index (χ0n) is 11.2. The lowest BCUT2D eigenvalue weighted by Crippen LogP contribution is -2.45. The third-order valence-corrected chi connectivity index (χ3v) is 3.84. The summed E-state index contributed by atoms with van der Waals surface area (Å²) in [6.07, 6.45) is 0. The number of phenolic OH excluding ortho intramolecular Hbond substituents is 1. The maximum atomic E-state index is 13.4. The Kier molecular flexibility index (Phi) is 7.02. The van der Waals surface area contributed by atoms with Crippen molar-refractivity contribution in [3.8, 4) is 11.5 Å². The molecule has 0 aliphatic carbocycles. The van der Waals surface area contributed by atoms with Gasteiger partial charge in [0.25, 0.3) is 0 Å². The first-order valence-electron chi connectivity index (χ1n) is 6.24. The summed E-state index contributed by atoms with van der Waals surface area (Å²) in [5.41, 5.74) is 0.565. The molecule has 1 heterocycles. The molecule has 1 fully saturated rings. The highest BCUT2D eigenvalue weighted by Gasteiger charge is 2.26. The molecule has 0 saturated carbocycles. The van der Waals surface area contributed by atoms with E-state index in [2.05, 4.69) is 21.2 Å². The summed E-state index contributed by atoms with van der Waals surface area (Å²) in [5, 5.41) is 13.4. The minimum atomic E-state index is -0.535. The number of alkyl halides is 1. The average Bonchev–Trinajstić information content (AvgIpc) is 2.44. The molecule has 7 heteroatoms. The molecule has 2 N–H and O–H groups in total. The van der Waals surface area contributed by atoms with Crippen molar-refractivity contribution < 1.29 is 14.2 Å². The molecule has 2 rings (SSSR count). The van der Waals surface area contributed by atoms with Crippen molar-refractivity contribution in [2.24, 2.45) is 0 Å². The van der Waals surface area contributed by atoms with Gasteiger partial charge in [-0.3, -0.25) is 4.90 Å². The summed E-state index contributed by atoms with van der Waals surface area (Å²) in [5.74, 6) is 0.379. The van der Waals surface area contributed by atoms with Gasteiger partial charge in [0.05, 0.1) is 13.2 Å². The molecule has 1 aliphatic rings. The van der Waals surface area contributed by atoms with Crippen LogP contribution in [0.15, 0.2) is 16.6 Å². The zero-order chi connectivity index (χ0) is 13.8. The second kappa shape index (κ2) is 8.02. The lowest BCUT2D eigenvalue weighted by atomic mass is 10.0. The van der Waals surface area contributed by atoms with Gasteiger partial charge in [-0.05, 0) is 12.1 Å². The predicted octanol–water partition coefficient (Wildman–Crippen LogP) is 2.50. The molecule has 114 valence electrons. The van der Waals surface area contributed by atoms with Crippen molar-refractivity contribution in [3.63, 3.8) is 0 Å². The highest BCUT2D eigenvalue weighted by atomic mass is 79.9. The standard InChI is InChI=1S/C13H18BrFN2O2.ClH/c1-19-12-7-9(14)6-10(13(12)18)11(8-15)17-4-2-16-3-5-17;/h6-7,11,16,18H,2-5,8H2,1H3;1H/t11-;/m0./s1. The van der Waals surface area contributed by atoms with E-state index < -0.39 is 12.7 Å². The molecule has 4 nitrogen and oxygen atoms in total. The van der Waals surface area contributed by atoms with E-state index in [0.29, 0.717) is 11.3 Å². The minimum Gasteiger partial charge on any atom is -0.504 e. The fraction of sp³-hybridized carbons (Fsp3) is 0.538. The number of aromatic hydroxyl groups is 1. The van der Waals surface area contributed by atoms with Gasteiger partial charge in [0.1, 0.15) is 6.67 Å². The van der Waals surface area contributed by atoms with E-state index in [1.165, 1.54) is 7.11 Å². The van der Waals surface area contributed by atoms with Crippen molar-refractivity contribution in [3.05, 3.63) is 22.2 Å². The van der Waals surface area contributed by atoms with E-state index in [9.17, 15) is 9.50 Å². The van der Waals surface area contributed by atoms with Crippen LogP contribution in [-0.2, 0) is 0 Å². The number of ether oxygens (including phenoxy) is 1. The molecule has 0 radical (unpaired) electrons. The molecule has 20 heavy (non-hydrogen) atoms. The summed E-state index contributed by atoms with van der Waals surface area (Å²) >= 11 is 3.37. The molecule has 0 amide bonds. The highest BCUT2D eigenvalue weighted by Crippen LogP contribution is 2.39. The molecule has 1 aliphatic heterocycles. The summed E-state index contributed by atoms with van der Waals surface area (Å²) in [7, 11) is 1.49. The van der Waals surface area contributed by atoms with Crippen LogP contribution in [0.4, 0.5) is 4.39 Å². The Morgan fingerprint density at radius 2 is 2.10 bits per heavy atom. The van der Waals surface area contributed by atoms with Crippen LogP contribution in [0.25, 0.3) is 0 Å². The van der Waals surface area contributed by atoms with Crippen LogP contribution in [0.3, 0.4) is 0 Å². The Labute approximate surface area is 132 Å². The van der Waals surface area contributed by atoms with E-state index in [1.54, 1.807) is 12.1 Å². The van der Waals surface area contributed by atoms with Gasteiger partial charge in [-0.1, -0.05) is 15.9 Å². The number of nitrogens with zero attached hydrogens (tertiary/aromatic N) is 1. The van der Waals surface area contributed by atoms with Crippen molar-refractivity contribution in [1.29, 1.82) is 0 Å². The monoisotopic (exact) mass is 368 g/mol. The van der Waals surface area contributed by atoms with E-state index in [1.807, 2.05) is 4.90 Å². The fourth-order valence-corrected chi connectivity index (χ4v) is 2.83. The topological polar surface area (TPSA) is 44.7 Å². The average molecular weight is 370 g/mol. The largest absolute Gasteiger partial charge is 0.504 e. The fourth-order valence-electron chi connectivity index (χ4n) is 2.38. The smallest absolute Gasteiger partial charge is 0.162 e. The molecular weight excluding hydrogens is 351 g/mol. The number of piperazine rings is 1. The maximum absolute atomic E-state index is 13.4. The number of hydrogen-bond acceptors (Lipinski definition) is 4. The van der Waals surface area contributed by atoms with Gasteiger partial charge < -0.3 is 15.2 Å². The van der Waals surface area contributed by atoms with Crippen molar-refractivity contribution >= 4 is 28.3 Å². The van der Waals surface area contributed by atoms with Crippen LogP contribution in [0.1, 0.15) is 11.6 Å². The van der Waals surface area contributed by atoms with Gasteiger partial charge in [-0.15, -0.1) is 12.4 Å². The number of nitrogens with one attached hydrogen (secondary N) is 1. The van der Waals surface area contributed by atoms with Gasteiger partial charge in [-0.2, -0.15) is 0 Å². The van der Waals surface area contributed by atoms with E-state index in [-0.39, 0.29) is 18.2 Å². The number of benzene rings is 1. The lowest BCUT2D eigenvalue weighted by molar-refractivity contribution is 0.144. The third-order valence-electron chi connectivity index (χ3n) is 3.39. The number of rotatable bonds is 4. The number of hydrogen-bond donors (Lipinski definition) is 2. The highest BCUT2D eigenvalue weighted by molar-refractivity contribution is 9.10. The van der Waals surface area contributed by atoms with Crippen molar-refractivity contribution in [2.75, 3.05) is 40.0 Å². The molecule has 1 aromatic carbocycles. The van der Waals surface area contributed by atoms with Crippen LogP contribution in [0.5, 0.6) is 11.5 Å². The van der Waals surface area contributed by atoms with Crippen LogP contribution < -0.4 is 10.1 Å². The van der Waals surface area contributed by atoms with Crippen molar-refractivity contribution in [1.82, 2.24) is 10.2 Å². The first-order chi connectivity index (χ1) is 9.17. The van der Waals surface area contributed by atoms with Crippen LogP contribution >= 0.6 is 28.3 Å². The second-order valence-corrected chi connectivity index (χ2v) is 5.42. The molecule has 0 aromatic heterocycles. The van der Waals surface area contributed by atoms with E-state index in [0.717, 1.165) is 30.7 Å². The Balaban J connectivity index is 0.00000200. The summed E-state index contributed by atoms with van der Waals surface area (Å²) in [4.78, 5) is 2.04. The molecule has 1 saturated heterocycles. The number of phenols is 1. The van der Waals surface area contributed by atoms with Gasteiger partial charge in [-0.25, -0.2) is 4.39 Å². The first kappa shape index (κ1) is 17.5. The number of methoxy groups -OCH3 is 1. The van der Waals surface area contributed by atoms with Gasteiger partial charge in [0, 0.05) is 36.2 Å². The van der Waals surface area contributed by atoms with Crippen LogP contribution in [0.2, 0.25) is 0 Å². The quantitative estimate of drug-likeness (QED) is 0.856. The SMILES string of the molecule is COc1cc(Br)cc([C@H](CF)N2CCNCC2)c1O.Cl. The lowest BCUT2D eigenvalue weighted by Gasteiger charge is -2.34. The molecule has 0 unspecified atom stereocenters. The summed E-state index contributed by atoms with van der Waals surface area (Å²) < 4.78 is 19.3.